The van der Waals surface area contributed by atoms with E-state index in [1.54, 1.807) is 4.68 Å². The van der Waals surface area contributed by atoms with Gasteiger partial charge < -0.3 is 19.9 Å². The quantitative estimate of drug-likeness (QED) is 0.387. The molecule has 0 bridgehead atoms. The number of rotatable bonds is 5. The van der Waals surface area contributed by atoms with Crippen LogP contribution in [-0.4, -0.2) is 69.4 Å². The predicted octanol–water partition coefficient (Wildman–Crippen LogP) is 6.90. The second-order valence-electron chi connectivity index (χ2n) is 14.1. The number of piperidine rings is 1. The Morgan fingerprint density at radius 2 is 1.73 bits per heavy atom. The number of carbonyl (C=O) groups excluding carboxylic acids is 2. The van der Waals surface area contributed by atoms with E-state index in [1.165, 1.54) is 6.07 Å². The summed E-state index contributed by atoms with van der Waals surface area (Å²) in [7, 11) is 0. The Labute approximate surface area is 261 Å². The van der Waals surface area contributed by atoms with Crippen molar-refractivity contribution in [1.82, 2.24) is 19.6 Å². The molecule has 240 valence electrons. The van der Waals surface area contributed by atoms with Crippen molar-refractivity contribution in [2.45, 2.75) is 95.0 Å². The average Bonchev–Trinajstić information content (AvgIpc) is 3.64. The Morgan fingerprint density at radius 3 is 2.27 bits per heavy atom. The highest BCUT2D eigenvalue weighted by atomic mass is 35.5. The minimum absolute atomic E-state index is 0.151. The fourth-order valence-corrected chi connectivity index (χ4v) is 7.75. The zero-order valence-electron chi connectivity index (χ0n) is 25.5. The second kappa shape index (κ2) is 11.5. The molecule has 2 unspecified atom stereocenters. The zero-order chi connectivity index (χ0) is 31.4. The van der Waals surface area contributed by atoms with Crippen LogP contribution < -0.4 is 5.32 Å². The third-order valence-electron chi connectivity index (χ3n) is 10.1. The highest BCUT2D eigenvalue weighted by molar-refractivity contribution is 6.33. The van der Waals surface area contributed by atoms with Gasteiger partial charge in [-0.25, -0.2) is 4.79 Å². The molecule has 0 radical (unpaired) electrons. The number of aromatic nitrogens is 2. The molecule has 3 heterocycles. The van der Waals surface area contributed by atoms with Crippen molar-refractivity contribution in [3.63, 3.8) is 0 Å². The normalized spacial score (nSPS) is 25.9. The molecule has 4 fully saturated rings. The monoisotopic (exact) mass is 635 g/mol. The van der Waals surface area contributed by atoms with E-state index in [4.69, 9.17) is 16.3 Å². The number of ether oxygens (including phenoxy) is 1. The van der Waals surface area contributed by atoms with E-state index in [1.807, 2.05) is 38.1 Å². The zero-order valence-corrected chi connectivity index (χ0v) is 26.3. The molecule has 0 spiro atoms. The van der Waals surface area contributed by atoms with Crippen LogP contribution >= 0.6 is 11.6 Å². The minimum atomic E-state index is -4.51. The smallest absolute Gasteiger partial charge is 0.416 e. The van der Waals surface area contributed by atoms with E-state index in [0.29, 0.717) is 36.6 Å². The second-order valence-corrected chi connectivity index (χ2v) is 14.5. The van der Waals surface area contributed by atoms with Crippen LogP contribution in [0.15, 0.2) is 30.6 Å². The first-order valence-electron chi connectivity index (χ1n) is 15.7. The molecule has 6 rings (SSSR count). The molecule has 2 aliphatic carbocycles. The molecule has 2 aliphatic heterocycles. The summed E-state index contributed by atoms with van der Waals surface area (Å²) < 4.78 is 46.5. The van der Waals surface area contributed by atoms with E-state index in [-0.39, 0.29) is 22.7 Å². The number of amides is 2. The summed E-state index contributed by atoms with van der Waals surface area (Å²) in [6.45, 7) is 9.29. The van der Waals surface area contributed by atoms with Gasteiger partial charge in [0, 0.05) is 25.3 Å². The highest BCUT2D eigenvalue weighted by Gasteiger charge is 2.48. The summed E-state index contributed by atoms with van der Waals surface area (Å²) in [4.78, 5) is 30.5. The Morgan fingerprint density at radius 1 is 1.07 bits per heavy atom. The molecular formula is C32H41ClF3N5O3. The Balaban J connectivity index is 1.03. The van der Waals surface area contributed by atoms with Gasteiger partial charge in [-0.05, 0) is 120 Å². The lowest BCUT2D eigenvalue weighted by molar-refractivity contribution is -0.137. The molecule has 2 aromatic rings. The van der Waals surface area contributed by atoms with E-state index in [2.05, 4.69) is 15.3 Å². The van der Waals surface area contributed by atoms with Gasteiger partial charge >= 0.3 is 12.3 Å². The number of alkyl halides is 3. The average molecular weight is 636 g/mol. The van der Waals surface area contributed by atoms with Gasteiger partial charge in [0.15, 0.2) is 0 Å². The molecular weight excluding hydrogens is 595 g/mol. The van der Waals surface area contributed by atoms with Crippen molar-refractivity contribution < 1.29 is 27.5 Å². The Bertz CT molecular complexity index is 1380. The Hall–Kier alpha value is -2.79. The maximum atomic E-state index is 13.4. The van der Waals surface area contributed by atoms with Crippen LogP contribution in [0.5, 0.6) is 0 Å². The summed E-state index contributed by atoms with van der Waals surface area (Å²) in [5, 5.41) is 7.22. The largest absolute Gasteiger partial charge is 0.444 e. The summed E-state index contributed by atoms with van der Waals surface area (Å²) in [6.07, 6.45) is 5.48. The summed E-state index contributed by atoms with van der Waals surface area (Å²) in [6, 6.07) is 3.50. The van der Waals surface area contributed by atoms with Gasteiger partial charge in [0.05, 0.1) is 22.5 Å². The number of fused-ring (bicyclic) bond motifs is 1. The van der Waals surface area contributed by atoms with Crippen molar-refractivity contribution in [2.24, 2.45) is 11.8 Å². The van der Waals surface area contributed by atoms with Gasteiger partial charge in [-0.3, -0.25) is 9.48 Å². The van der Waals surface area contributed by atoms with E-state index < -0.39 is 22.9 Å². The number of nitrogens with zero attached hydrogens (tertiary/aromatic N) is 4. The van der Waals surface area contributed by atoms with Gasteiger partial charge in [-0.15, -0.1) is 0 Å². The molecule has 2 saturated carbocycles. The lowest BCUT2D eigenvalue weighted by Crippen LogP contribution is -2.51. The third-order valence-corrected chi connectivity index (χ3v) is 10.4. The minimum Gasteiger partial charge on any atom is -0.444 e. The lowest BCUT2D eigenvalue weighted by Gasteiger charge is -2.40. The number of benzene rings is 1. The maximum Gasteiger partial charge on any atom is 0.416 e. The molecule has 4 aliphatic rings. The molecule has 44 heavy (non-hydrogen) atoms. The van der Waals surface area contributed by atoms with Crippen LogP contribution in [0.4, 0.5) is 23.7 Å². The van der Waals surface area contributed by atoms with Crippen molar-refractivity contribution in [1.29, 1.82) is 0 Å². The van der Waals surface area contributed by atoms with E-state index in [9.17, 15) is 22.8 Å². The molecule has 1 aromatic heterocycles. The lowest BCUT2D eigenvalue weighted by atomic mass is 9.76. The van der Waals surface area contributed by atoms with Crippen LogP contribution in [0.2, 0.25) is 5.02 Å². The molecule has 1 aromatic carbocycles. The van der Waals surface area contributed by atoms with Gasteiger partial charge in [0.25, 0.3) is 5.91 Å². The molecule has 8 nitrogen and oxygen atoms in total. The van der Waals surface area contributed by atoms with Crippen LogP contribution in [-0.2, 0) is 21.2 Å². The van der Waals surface area contributed by atoms with Crippen molar-refractivity contribution in [3.05, 3.63) is 46.7 Å². The maximum absolute atomic E-state index is 13.4. The number of anilines is 1. The number of halogens is 4. The van der Waals surface area contributed by atoms with Crippen LogP contribution in [0.1, 0.15) is 82.8 Å². The standard InChI is InChI=1S/C32H41ClF3N5O3/c1-30(2,3)44-29(43)40-17-21-13-25(14-22(21)18-40)39-11-7-20(8-12-39)23-16-37-41(19-23)31(9-4-10-31)28(42)38-27-6-5-24(15-26(27)33)32(34,35)36/h5-6,15-16,19-22,25H,4,7-14,17-18H2,1-3H3,(H,38,42). The van der Waals surface area contributed by atoms with Gasteiger partial charge in [-0.1, -0.05) is 11.6 Å². The fraction of sp³-hybridized carbons (Fsp3) is 0.656. The number of nitrogens with one attached hydrogen (secondary N) is 1. The highest BCUT2D eigenvalue weighted by Crippen LogP contribution is 2.44. The molecule has 2 saturated heterocycles. The van der Waals surface area contributed by atoms with Crippen LogP contribution in [0.3, 0.4) is 0 Å². The number of hydrogen-bond donors (Lipinski definition) is 1. The third kappa shape index (κ3) is 6.18. The number of likely N-dealkylation sites (tertiary alicyclic amines) is 2. The van der Waals surface area contributed by atoms with Gasteiger partial charge in [0.1, 0.15) is 11.1 Å². The topological polar surface area (TPSA) is 79.7 Å². The number of carbonyl (C=O) groups is 2. The van der Waals surface area contributed by atoms with Crippen molar-refractivity contribution >= 4 is 29.3 Å². The fourth-order valence-electron chi connectivity index (χ4n) is 7.52. The van der Waals surface area contributed by atoms with E-state index in [0.717, 1.165) is 76.0 Å². The summed E-state index contributed by atoms with van der Waals surface area (Å²) >= 11 is 6.11. The first-order chi connectivity index (χ1) is 20.7. The van der Waals surface area contributed by atoms with E-state index >= 15 is 0 Å². The Kier molecular flexibility index (Phi) is 8.18. The van der Waals surface area contributed by atoms with Crippen molar-refractivity contribution in [2.75, 3.05) is 31.5 Å². The molecule has 12 heteroatoms. The van der Waals surface area contributed by atoms with Gasteiger partial charge in [-0.2, -0.15) is 18.3 Å². The molecule has 1 N–H and O–H groups in total. The summed E-state index contributed by atoms with van der Waals surface area (Å²) in [5.74, 6) is 1.11. The van der Waals surface area contributed by atoms with Crippen LogP contribution in [0, 0.1) is 11.8 Å². The first kappa shape index (κ1) is 31.2. The molecule has 2 amide bonds. The molecule has 2 atom stereocenters. The first-order valence-corrected chi connectivity index (χ1v) is 16.0. The van der Waals surface area contributed by atoms with Crippen molar-refractivity contribution in [3.8, 4) is 0 Å². The predicted molar refractivity (Wildman–Crippen MR) is 160 cm³/mol. The SMILES string of the molecule is CC(C)(C)OC(=O)N1CC2CC(N3CCC(c4cnn(C5(C(=O)Nc6ccc(C(F)(F)F)cc6Cl)CCC5)c4)CC3)CC2C1. The summed E-state index contributed by atoms with van der Waals surface area (Å²) in [5.41, 5.74) is -0.939. The number of hydrogen-bond acceptors (Lipinski definition) is 5. The van der Waals surface area contributed by atoms with Crippen LogP contribution in [0.25, 0.3) is 0 Å². The van der Waals surface area contributed by atoms with Gasteiger partial charge in [0.2, 0.25) is 0 Å².